The molecule has 2 aromatic carbocycles. The minimum Gasteiger partial charge on any atom is -0.326 e. The minimum absolute atomic E-state index is 0.00458. The highest BCUT2D eigenvalue weighted by Gasteiger charge is 2.29. The average Bonchev–Trinajstić information content (AvgIpc) is 3.56. The van der Waals surface area contributed by atoms with E-state index < -0.39 is 10.0 Å². The van der Waals surface area contributed by atoms with Crippen LogP contribution in [0.5, 0.6) is 0 Å². The molecule has 0 atom stereocenters. The molecule has 2 amide bonds. The summed E-state index contributed by atoms with van der Waals surface area (Å²) in [6.07, 6.45) is 1.82. The number of carbonyl (C=O) groups is 2. The summed E-state index contributed by atoms with van der Waals surface area (Å²) in [4.78, 5) is 24.5. The Labute approximate surface area is 190 Å². The van der Waals surface area contributed by atoms with Gasteiger partial charge in [-0.2, -0.15) is 0 Å². The largest absolute Gasteiger partial charge is 0.326 e. The van der Waals surface area contributed by atoms with Gasteiger partial charge in [-0.05, 0) is 93.5 Å². The maximum absolute atomic E-state index is 13.0. The quantitative estimate of drug-likeness (QED) is 0.559. The molecule has 172 valence electrons. The van der Waals surface area contributed by atoms with Crippen LogP contribution in [-0.2, 0) is 19.6 Å². The van der Waals surface area contributed by atoms with E-state index in [1.165, 1.54) is 0 Å². The third kappa shape index (κ3) is 5.37. The van der Waals surface area contributed by atoms with E-state index in [-0.39, 0.29) is 35.6 Å². The van der Waals surface area contributed by atoms with Crippen LogP contribution in [0.1, 0.15) is 47.1 Å². The summed E-state index contributed by atoms with van der Waals surface area (Å²) in [7, 11) is -3.75. The van der Waals surface area contributed by atoms with Crippen LogP contribution < -0.4 is 15.4 Å². The third-order valence-electron chi connectivity index (χ3n) is 6.21. The van der Waals surface area contributed by atoms with E-state index in [1.54, 1.807) is 24.3 Å². The predicted molar refractivity (Wildman–Crippen MR) is 126 cm³/mol. The normalized spacial score (nSPS) is 13.7. The summed E-state index contributed by atoms with van der Waals surface area (Å²) >= 11 is 0. The molecule has 0 bridgehead atoms. The Morgan fingerprint density at radius 2 is 1.41 bits per heavy atom. The summed E-state index contributed by atoms with van der Waals surface area (Å²) in [5.74, 6) is -0.229. The van der Waals surface area contributed by atoms with Crippen LogP contribution in [0.2, 0.25) is 0 Å². The van der Waals surface area contributed by atoms with Crippen molar-refractivity contribution < 1.29 is 18.0 Å². The zero-order valence-corrected chi connectivity index (χ0v) is 20.1. The number of carbonyl (C=O) groups excluding carboxylic acids is 2. The number of anilines is 2. The molecule has 3 rings (SSSR count). The van der Waals surface area contributed by atoms with Gasteiger partial charge < -0.3 is 10.6 Å². The summed E-state index contributed by atoms with van der Waals surface area (Å²) in [5.41, 5.74) is 5.63. The Kier molecular flexibility index (Phi) is 7.05. The van der Waals surface area contributed by atoms with Gasteiger partial charge in [0.25, 0.3) is 0 Å². The highest BCUT2D eigenvalue weighted by molar-refractivity contribution is 7.89. The second kappa shape index (κ2) is 9.42. The summed E-state index contributed by atoms with van der Waals surface area (Å²) < 4.78 is 28.5. The van der Waals surface area contributed by atoms with Crippen molar-refractivity contribution in [2.45, 2.75) is 58.8 Å². The van der Waals surface area contributed by atoms with Gasteiger partial charge in [0.05, 0.1) is 4.90 Å². The van der Waals surface area contributed by atoms with Crippen molar-refractivity contribution in [3.05, 3.63) is 52.1 Å². The molecular formula is C24H31N3O4S. The Balaban J connectivity index is 1.60. The molecule has 0 radical (unpaired) electrons. The molecule has 0 spiro atoms. The molecule has 32 heavy (non-hydrogen) atoms. The van der Waals surface area contributed by atoms with E-state index in [4.69, 9.17) is 0 Å². The first kappa shape index (κ1) is 23.9. The number of hydrogen-bond donors (Lipinski definition) is 3. The van der Waals surface area contributed by atoms with Crippen molar-refractivity contribution in [2.75, 3.05) is 17.2 Å². The Morgan fingerprint density at radius 3 is 1.97 bits per heavy atom. The van der Waals surface area contributed by atoms with Gasteiger partial charge in [0.15, 0.2) is 0 Å². The zero-order chi connectivity index (χ0) is 23.6. The second-order valence-electron chi connectivity index (χ2n) is 8.49. The lowest BCUT2D eigenvalue weighted by molar-refractivity contribution is -0.117. The van der Waals surface area contributed by atoms with Crippen molar-refractivity contribution in [3.8, 4) is 0 Å². The van der Waals surface area contributed by atoms with Crippen LogP contribution in [0.3, 0.4) is 0 Å². The molecule has 1 fully saturated rings. The molecule has 0 aliphatic heterocycles. The molecule has 0 aromatic heterocycles. The standard InChI is InChI=1S/C24H31N3O4S/c1-14-15(2)17(4)23(18(5)16(14)3)32(30,31)25-12-11-22(28)26-20-7-6-8-21(13-20)27-24(29)19-9-10-19/h6-8,13,19,25H,9-12H2,1-5H3,(H,26,28)(H,27,29). The molecule has 1 aliphatic rings. The van der Waals surface area contributed by atoms with Crippen LogP contribution in [0.25, 0.3) is 0 Å². The lowest BCUT2D eigenvalue weighted by Crippen LogP contribution is -2.29. The maximum atomic E-state index is 13.0. The Hall–Kier alpha value is -2.71. The molecule has 1 saturated carbocycles. The second-order valence-corrected chi connectivity index (χ2v) is 10.2. The van der Waals surface area contributed by atoms with Gasteiger partial charge >= 0.3 is 0 Å². The van der Waals surface area contributed by atoms with Crippen molar-refractivity contribution >= 4 is 33.2 Å². The fourth-order valence-corrected chi connectivity index (χ4v) is 5.36. The van der Waals surface area contributed by atoms with Crippen molar-refractivity contribution in [1.29, 1.82) is 0 Å². The zero-order valence-electron chi connectivity index (χ0n) is 19.3. The average molecular weight is 458 g/mol. The Morgan fingerprint density at radius 1 is 0.875 bits per heavy atom. The number of hydrogen-bond acceptors (Lipinski definition) is 4. The van der Waals surface area contributed by atoms with Crippen LogP contribution in [0.4, 0.5) is 11.4 Å². The molecule has 8 heteroatoms. The van der Waals surface area contributed by atoms with Gasteiger partial charge in [0.1, 0.15) is 0 Å². The van der Waals surface area contributed by atoms with E-state index in [2.05, 4.69) is 15.4 Å². The number of sulfonamides is 1. The van der Waals surface area contributed by atoms with Crippen LogP contribution in [-0.4, -0.2) is 26.8 Å². The topological polar surface area (TPSA) is 104 Å². The highest BCUT2D eigenvalue weighted by Crippen LogP contribution is 2.31. The fourth-order valence-electron chi connectivity index (χ4n) is 3.73. The first-order valence-electron chi connectivity index (χ1n) is 10.8. The maximum Gasteiger partial charge on any atom is 0.241 e. The predicted octanol–water partition coefficient (Wildman–Crippen LogP) is 3.88. The Bertz CT molecular complexity index is 1140. The molecule has 1 aliphatic carbocycles. The van der Waals surface area contributed by atoms with Crippen molar-refractivity contribution in [3.63, 3.8) is 0 Å². The summed E-state index contributed by atoms with van der Waals surface area (Å²) in [6, 6.07) is 6.92. The van der Waals surface area contributed by atoms with Gasteiger partial charge in [0, 0.05) is 30.3 Å². The minimum atomic E-state index is -3.75. The number of benzene rings is 2. The molecule has 3 N–H and O–H groups in total. The lowest BCUT2D eigenvalue weighted by atomic mass is 9.95. The van der Waals surface area contributed by atoms with Crippen molar-refractivity contribution in [2.24, 2.45) is 5.92 Å². The number of nitrogens with one attached hydrogen (secondary N) is 3. The monoisotopic (exact) mass is 457 g/mol. The molecule has 2 aromatic rings. The van der Waals surface area contributed by atoms with Gasteiger partial charge in [-0.15, -0.1) is 0 Å². The highest BCUT2D eigenvalue weighted by atomic mass is 32.2. The molecule has 0 heterocycles. The number of amides is 2. The molecule has 0 unspecified atom stereocenters. The van der Waals surface area contributed by atoms with Gasteiger partial charge in [-0.1, -0.05) is 6.07 Å². The van der Waals surface area contributed by atoms with E-state index in [0.29, 0.717) is 11.4 Å². The first-order valence-corrected chi connectivity index (χ1v) is 12.3. The van der Waals surface area contributed by atoms with E-state index in [0.717, 1.165) is 40.7 Å². The molecular weight excluding hydrogens is 426 g/mol. The summed E-state index contributed by atoms with van der Waals surface area (Å²) in [6.45, 7) is 9.44. The van der Waals surface area contributed by atoms with Gasteiger partial charge in [-0.3, -0.25) is 9.59 Å². The van der Waals surface area contributed by atoms with E-state index in [1.807, 2.05) is 34.6 Å². The lowest BCUT2D eigenvalue weighted by Gasteiger charge is -2.19. The summed E-state index contributed by atoms with van der Waals surface area (Å²) in [5, 5.41) is 5.59. The van der Waals surface area contributed by atoms with Gasteiger partial charge in [0.2, 0.25) is 21.8 Å². The third-order valence-corrected chi connectivity index (χ3v) is 7.94. The fraction of sp³-hybridized carbons (Fsp3) is 0.417. The molecule has 7 nitrogen and oxygen atoms in total. The van der Waals surface area contributed by atoms with Crippen LogP contribution >= 0.6 is 0 Å². The smallest absolute Gasteiger partial charge is 0.241 e. The first-order chi connectivity index (χ1) is 15.0. The van der Waals surface area contributed by atoms with Gasteiger partial charge in [-0.25, -0.2) is 13.1 Å². The molecule has 0 saturated heterocycles. The van der Waals surface area contributed by atoms with E-state index in [9.17, 15) is 18.0 Å². The van der Waals surface area contributed by atoms with Crippen LogP contribution in [0.15, 0.2) is 29.2 Å². The van der Waals surface area contributed by atoms with Crippen LogP contribution in [0, 0.1) is 40.5 Å². The van der Waals surface area contributed by atoms with Crippen molar-refractivity contribution in [1.82, 2.24) is 4.72 Å². The number of rotatable bonds is 8. The van der Waals surface area contributed by atoms with E-state index >= 15 is 0 Å². The SMILES string of the molecule is Cc1c(C)c(C)c(S(=O)(=O)NCCC(=O)Nc2cccc(NC(=O)C3CC3)c2)c(C)c1C.